The molecule has 6 atom stereocenters. The van der Waals surface area contributed by atoms with Crippen molar-refractivity contribution in [1.29, 1.82) is 0 Å². The maximum atomic E-state index is 16.1. The molecule has 1 saturated carbocycles. The number of hydrogen-bond acceptors (Lipinski definition) is 12. The highest BCUT2D eigenvalue weighted by Gasteiger charge is 2.56. The van der Waals surface area contributed by atoms with Crippen LogP contribution < -0.4 is 20.7 Å². The molecule has 3 heterocycles. The van der Waals surface area contributed by atoms with E-state index in [1.54, 1.807) is 37.3 Å². The highest BCUT2D eigenvalue weighted by Crippen LogP contribution is 2.48. The van der Waals surface area contributed by atoms with E-state index in [4.69, 9.17) is 24.3 Å². The number of aromatic nitrogens is 4. The third-order valence-corrected chi connectivity index (χ3v) is 8.87. The summed E-state index contributed by atoms with van der Waals surface area (Å²) in [5.74, 6) is -0.0866. The minimum absolute atomic E-state index is 0.0362. The van der Waals surface area contributed by atoms with Gasteiger partial charge in [0.1, 0.15) is 24.0 Å². The highest BCUT2D eigenvalue weighted by atomic mass is 31.2. The normalized spacial score (nSPS) is 26.4. The Balaban J connectivity index is 1.36. The van der Waals surface area contributed by atoms with E-state index in [9.17, 15) is 14.5 Å². The Bertz CT molecular complexity index is 1460. The standard InChI is InChI=1S/C26H35FN7O7P/c1-4-38-23(36)15(2)33-42(37,41-17-11-6-5-7-12-17)39-13-18-20(35)26(3,27)24(40-18)34-14-29-19-21(30-16-9-8-10-16)31-25(28)32-22(19)34/h5-7,11-12,14-16,18,20,24,35H,4,8-10,13H2,1-3H3,(H,33,37)(H3,28,30,31,32)/t15-,18+,20+,24+,26+,42?/m0/s1. The average Bonchev–Trinajstić information content (AvgIpc) is 3.43. The van der Waals surface area contributed by atoms with Crippen molar-refractivity contribution in [3.63, 3.8) is 0 Å². The number of imidazole rings is 1. The molecule has 5 rings (SSSR count). The van der Waals surface area contributed by atoms with E-state index in [0.717, 1.165) is 19.3 Å². The number of aliphatic hydroxyl groups excluding tert-OH is 1. The first kappa shape index (κ1) is 30.1. The fraction of sp³-hybridized carbons (Fsp3) is 0.538. The van der Waals surface area contributed by atoms with Crippen molar-refractivity contribution < 1.29 is 37.4 Å². The molecule has 1 aliphatic carbocycles. The van der Waals surface area contributed by atoms with Gasteiger partial charge in [-0.25, -0.2) is 13.9 Å². The highest BCUT2D eigenvalue weighted by molar-refractivity contribution is 7.52. The number of fused-ring (bicyclic) bond motifs is 1. The predicted octanol–water partition coefficient (Wildman–Crippen LogP) is 3.10. The van der Waals surface area contributed by atoms with Crippen molar-refractivity contribution in [2.45, 2.75) is 76.2 Å². The number of nitrogen functional groups attached to an aromatic ring is 1. The molecule has 3 aromatic rings. The lowest BCUT2D eigenvalue weighted by molar-refractivity contribution is -0.144. The van der Waals surface area contributed by atoms with Crippen LogP contribution in [-0.4, -0.2) is 73.8 Å². The summed E-state index contributed by atoms with van der Waals surface area (Å²) in [6, 6.07) is 7.33. The Morgan fingerprint density at radius 1 is 1.33 bits per heavy atom. The van der Waals surface area contributed by atoms with Gasteiger partial charge in [-0.3, -0.25) is 13.9 Å². The molecule has 228 valence electrons. The van der Waals surface area contributed by atoms with Gasteiger partial charge in [-0.1, -0.05) is 18.2 Å². The Morgan fingerprint density at radius 2 is 2.07 bits per heavy atom. The van der Waals surface area contributed by atoms with Crippen LogP contribution in [0, 0.1) is 0 Å². The zero-order valence-corrected chi connectivity index (χ0v) is 24.4. The quantitative estimate of drug-likeness (QED) is 0.174. The summed E-state index contributed by atoms with van der Waals surface area (Å²) in [5.41, 5.74) is 4.20. The number of carbonyl (C=O) groups is 1. The van der Waals surface area contributed by atoms with Crippen LogP contribution in [0.3, 0.4) is 0 Å². The van der Waals surface area contributed by atoms with E-state index >= 15 is 4.39 Å². The molecule has 0 amide bonds. The molecule has 1 aromatic carbocycles. The number of nitrogens with one attached hydrogen (secondary N) is 2. The molecule has 2 aliphatic rings. The molecule has 0 spiro atoms. The van der Waals surface area contributed by atoms with Gasteiger partial charge in [0, 0.05) is 6.04 Å². The van der Waals surface area contributed by atoms with Gasteiger partial charge in [0.2, 0.25) is 5.95 Å². The van der Waals surface area contributed by atoms with Gasteiger partial charge in [0.05, 0.1) is 19.5 Å². The van der Waals surface area contributed by atoms with E-state index < -0.39 is 50.5 Å². The number of carbonyl (C=O) groups excluding carboxylic acids is 1. The van der Waals surface area contributed by atoms with E-state index in [1.165, 1.54) is 24.7 Å². The molecular formula is C26H35FN7O7P. The van der Waals surface area contributed by atoms with Crippen molar-refractivity contribution in [1.82, 2.24) is 24.6 Å². The molecular weight excluding hydrogens is 572 g/mol. The molecule has 2 fully saturated rings. The number of para-hydroxylation sites is 1. The van der Waals surface area contributed by atoms with E-state index in [0.29, 0.717) is 11.3 Å². The first-order valence-electron chi connectivity index (χ1n) is 13.7. The summed E-state index contributed by atoms with van der Waals surface area (Å²) >= 11 is 0. The summed E-state index contributed by atoms with van der Waals surface area (Å²) < 4.78 is 53.3. The first-order valence-corrected chi connectivity index (χ1v) is 15.3. The summed E-state index contributed by atoms with van der Waals surface area (Å²) in [6.45, 7) is 3.81. The van der Waals surface area contributed by atoms with Crippen molar-refractivity contribution in [3.05, 3.63) is 36.7 Å². The SMILES string of the molecule is CCOC(=O)[C@H](C)NP(=O)(OC[C@H]1O[C@@H](n2cnc3c(NC4CCC4)nc(N)nc32)[C@](C)(F)[C@@H]1O)Oc1ccccc1. The molecule has 42 heavy (non-hydrogen) atoms. The minimum atomic E-state index is -4.27. The fourth-order valence-corrected chi connectivity index (χ4v) is 6.24. The van der Waals surface area contributed by atoms with Crippen LogP contribution in [0.5, 0.6) is 5.75 Å². The number of halogens is 1. The number of aliphatic hydroxyl groups is 1. The molecule has 1 unspecified atom stereocenters. The molecule has 1 aliphatic heterocycles. The number of nitrogens with two attached hydrogens (primary N) is 1. The number of ether oxygens (including phenoxy) is 2. The smallest absolute Gasteiger partial charge is 0.459 e. The van der Waals surface area contributed by atoms with Crippen molar-refractivity contribution in [2.24, 2.45) is 0 Å². The van der Waals surface area contributed by atoms with Crippen LogP contribution in [0.4, 0.5) is 16.2 Å². The zero-order valence-electron chi connectivity index (χ0n) is 23.5. The van der Waals surface area contributed by atoms with Crippen molar-refractivity contribution in [3.8, 4) is 5.75 Å². The zero-order chi connectivity index (χ0) is 30.1. The summed E-state index contributed by atoms with van der Waals surface area (Å²) in [4.78, 5) is 25.1. The van der Waals surface area contributed by atoms with Gasteiger partial charge in [0.15, 0.2) is 28.9 Å². The lowest BCUT2D eigenvalue weighted by Gasteiger charge is -2.27. The number of esters is 1. The number of hydrogen-bond donors (Lipinski definition) is 4. The van der Waals surface area contributed by atoms with Gasteiger partial charge < -0.3 is 30.2 Å². The van der Waals surface area contributed by atoms with E-state index in [1.807, 2.05) is 0 Å². The Kier molecular flexibility index (Phi) is 8.67. The second-order valence-electron chi connectivity index (χ2n) is 10.4. The third-order valence-electron chi connectivity index (χ3n) is 7.22. The predicted molar refractivity (Wildman–Crippen MR) is 150 cm³/mol. The molecule has 2 aromatic heterocycles. The molecule has 5 N–H and O–H groups in total. The van der Waals surface area contributed by atoms with E-state index in [-0.39, 0.29) is 30.0 Å². The Hall–Kier alpha value is -3.36. The number of rotatable bonds is 12. The van der Waals surface area contributed by atoms with Gasteiger partial charge in [-0.2, -0.15) is 15.1 Å². The van der Waals surface area contributed by atoms with Gasteiger partial charge in [0.25, 0.3) is 0 Å². The lowest BCUT2D eigenvalue weighted by Crippen LogP contribution is -2.41. The molecule has 16 heteroatoms. The average molecular weight is 608 g/mol. The van der Waals surface area contributed by atoms with Crippen LogP contribution in [-0.2, 0) is 23.4 Å². The topological polar surface area (TPSA) is 185 Å². The monoisotopic (exact) mass is 607 g/mol. The number of benzene rings is 1. The number of alkyl halides is 1. The Morgan fingerprint density at radius 3 is 2.74 bits per heavy atom. The Labute approximate surface area is 241 Å². The summed E-state index contributed by atoms with van der Waals surface area (Å²) in [5, 5.41) is 16.8. The second-order valence-corrected chi connectivity index (χ2v) is 12.1. The molecule has 0 radical (unpaired) electrons. The van der Waals surface area contributed by atoms with Crippen LogP contribution in [0.25, 0.3) is 11.2 Å². The van der Waals surface area contributed by atoms with E-state index in [2.05, 4.69) is 25.4 Å². The first-order chi connectivity index (χ1) is 20.0. The lowest BCUT2D eigenvalue weighted by atomic mass is 9.93. The number of anilines is 2. The fourth-order valence-electron chi connectivity index (χ4n) is 4.74. The van der Waals surface area contributed by atoms with Gasteiger partial charge in [-0.05, 0) is 52.2 Å². The van der Waals surface area contributed by atoms with Crippen LogP contribution in [0.2, 0.25) is 0 Å². The number of nitrogens with zero attached hydrogens (tertiary/aromatic N) is 4. The van der Waals surface area contributed by atoms with Crippen molar-refractivity contribution >= 4 is 36.6 Å². The minimum Gasteiger partial charge on any atom is -0.465 e. The van der Waals surface area contributed by atoms with Gasteiger partial charge >= 0.3 is 13.7 Å². The third kappa shape index (κ3) is 6.20. The van der Waals surface area contributed by atoms with Crippen LogP contribution >= 0.6 is 7.75 Å². The second kappa shape index (κ2) is 12.1. The summed E-state index contributed by atoms with van der Waals surface area (Å²) in [6.07, 6.45) is 0.0287. The molecule has 0 bridgehead atoms. The molecule has 14 nitrogen and oxygen atoms in total. The largest absolute Gasteiger partial charge is 0.465 e. The molecule has 1 saturated heterocycles. The maximum Gasteiger partial charge on any atom is 0.459 e. The maximum absolute atomic E-state index is 16.1. The van der Waals surface area contributed by atoms with Crippen molar-refractivity contribution in [2.75, 3.05) is 24.3 Å². The van der Waals surface area contributed by atoms with Crippen LogP contribution in [0.1, 0.15) is 46.3 Å². The summed E-state index contributed by atoms with van der Waals surface area (Å²) in [7, 11) is -4.27. The van der Waals surface area contributed by atoms with Gasteiger partial charge in [-0.15, -0.1) is 0 Å². The van der Waals surface area contributed by atoms with Crippen LogP contribution in [0.15, 0.2) is 36.7 Å².